The van der Waals surface area contributed by atoms with Crippen LogP contribution in [0.5, 0.6) is 11.5 Å². The van der Waals surface area contributed by atoms with Crippen LogP contribution in [0, 0.1) is 5.92 Å². The number of carbonyl (C=O) groups is 1. The molecule has 1 aromatic rings. The quantitative estimate of drug-likeness (QED) is 0.749. The van der Waals surface area contributed by atoms with E-state index >= 15 is 0 Å². The van der Waals surface area contributed by atoms with E-state index in [1.54, 1.807) is 32.2 Å². The molecule has 0 spiro atoms. The van der Waals surface area contributed by atoms with Crippen LogP contribution in [0.4, 0.5) is 10.5 Å². The summed E-state index contributed by atoms with van der Waals surface area (Å²) >= 11 is 0. The van der Waals surface area contributed by atoms with Gasteiger partial charge in [0.15, 0.2) is 11.5 Å². The Morgan fingerprint density at radius 1 is 1.33 bits per heavy atom. The summed E-state index contributed by atoms with van der Waals surface area (Å²) in [6, 6.07) is 4.76. The average Bonchev–Trinajstić information content (AvgIpc) is 3.30. The number of urea groups is 1. The molecule has 1 atom stereocenters. The van der Waals surface area contributed by atoms with Crippen molar-refractivity contribution >= 4 is 11.7 Å². The number of ether oxygens (including phenoxy) is 2. The first kappa shape index (κ1) is 15.4. The summed E-state index contributed by atoms with van der Waals surface area (Å²) in [5, 5.41) is 15.5. The molecule has 1 aliphatic rings. The first-order valence-electron chi connectivity index (χ1n) is 6.95. The van der Waals surface area contributed by atoms with Crippen LogP contribution in [-0.4, -0.2) is 37.5 Å². The molecule has 6 heteroatoms. The number of aliphatic hydroxyl groups is 1. The Morgan fingerprint density at radius 3 is 2.57 bits per heavy atom. The molecule has 21 heavy (non-hydrogen) atoms. The predicted octanol–water partition coefficient (Wildman–Crippen LogP) is 1.99. The molecule has 2 amide bonds. The molecule has 1 aromatic carbocycles. The van der Waals surface area contributed by atoms with E-state index in [0.29, 0.717) is 23.1 Å². The maximum Gasteiger partial charge on any atom is 0.319 e. The number of rotatable bonds is 6. The van der Waals surface area contributed by atoms with Gasteiger partial charge in [0.1, 0.15) is 0 Å². The lowest BCUT2D eigenvalue weighted by molar-refractivity contribution is 0.0398. The molecule has 0 saturated heterocycles. The van der Waals surface area contributed by atoms with E-state index in [-0.39, 0.29) is 12.6 Å². The van der Waals surface area contributed by atoms with Crippen LogP contribution in [0.15, 0.2) is 18.2 Å². The molecule has 1 aliphatic carbocycles. The number of hydrogen-bond acceptors (Lipinski definition) is 4. The Hall–Kier alpha value is -1.95. The van der Waals surface area contributed by atoms with Crippen molar-refractivity contribution in [3.63, 3.8) is 0 Å². The smallest absolute Gasteiger partial charge is 0.319 e. The van der Waals surface area contributed by atoms with Gasteiger partial charge in [-0.3, -0.25) is 0 Å². The molecule has 6 nitrogen and oxygen atoms in total. The van der Waals surface area contributed by atoms with E-state index in [2.05, 4.69) is 10.6 Å². The second-order valence-corrected chi connectivity index (χ2v) is 5.51. The second kappa shape index (κ2) is 6.22. The molecule has 1 saturated carbocycles. The third-order valence-corrected chi connectivity index (χ3v) is 3.71. The number of amides is 2. The topological polar surface area (TPSA) is 79.8 Å². The van der Waals surface area contributed by atoms with E-state index in [1.807, 2.05) is 0 Å². The van der Waals surface area contributed by atoms with Crippen LogP contribution in [-0.2, 0) is 0 Å². The molecule has 1 fully saturated rings. The van der Waals surface area contributed by atoms with Gasteiger partial charge in [0.25, 0.3) is 0 Å². The molecule has 2 rings (SSSR count). The lowest BCUT2D eigenvalue weighted by Crippen LogP contribution is -2.43. The van der Waals surface area contributed by atoms with E-state index in [4.69, 9.17) is 9.47 Å². The molecule has 0 radical (unpaired) electrons. The van der Waals surface area contributed by atoms with Crippen molar-refractivity contribution in [3.05, 3.63) is 18.2 Å². The Bertz CT molecular complexity index is 512. The monoisotopic (exact) mass is 294 g/mol. The molecule has 0 heterocycles. The van der Waals surface area contributed by atoms with Crippen LogP contribution in [0.25, 0.3) is 0 Å². The number of carbonyl (C=O) groups excluding carboxylic acids is 1. The van der Waals surface area contributed by atoms with Gasteiger partial charge in [-0.15, -0.1) is 0 Å². The molecular formula is C15H22N2O4. The molecular weight excluding hydrogens is 272 g/mol. The Kier molecular flexibility index (Phi) is 4.57. The number of hydrogen-bond donors (Lipinski definition) is 3. The summed E-state index contributed by atoms with van der Waals surface area (Å²) in [5.41, 5.74) is -0.245. The summed E-state index contributed by atoms with van der Waals surface area (Å²) in [5.74, 6) is 1.43. The molecule has 116 valence electrons. The van der Waals surface area contributed by atoms with Crippen molar-refractivity contribution < 1.29 is 19.4 Å². The normalized spacial score (nSPS) is 16.8. The van der Waals surface area contributed by atoms with Gasteiger partial charge in [0.2, 0.25) is 0 Å². The number of benzene rings is 1. The SMILES string of the molecule is COc1ccc(NC(=O)NC[C@@](C)(O)C2CC2)cc1OC. The highest BCUT2D eigenvalue weighted by atomic mass is 16.5. The maximum absolute atomic E-state index is 11.9. The minimum Gasteiger partial charge on any atom is -0.493 e. The lowest BCUT2D eigenvalue weighted by Gasteiger charge is -2.23. The van der Waals surface area contributed by atoms with Gasteiger partial charge in [-0.25, -0.2) is 4.79 Å². The third-order valence-electron chi connectivity index (χ3n) is 3.71. The third kappa shape index (κ3) is 4.01. The number of nitrogens with one attached hydrogen (secondary N) is 2. The fourth-order valence-electron chi connectivity index (χ4n) is 2.20. The number of methoxy groups -OCH3 is 2. The van der Waals surface area contributed by atoms with Crippen LogP contribution >= 0.6 is 0 Å². The highest BCUT2D eigenvalue weighted by Crippen LogP contribution is 2.39. The van der Waals surface area contributed by atoms with Crippen LogP contribution in [0.1, 0.15) is 19.8 Å². The zero-order valence-electron chi connectivity index (χ0n) is 12.6. The summed E-state index contributed by atoms with van der Waals surface area (Å²) in [6.45, 7) is 1.98. The van der Waals surface area contributed by atoms with Gasteiger partial charge >= 0.3 is 6.03 Å². The predicted molar refractivity (Wildman–Crippen MR) is 79.9 cm³/mol. The minimum atomic E-state index is -0.838. The molecule has 0 aliphatic heterocycles. The highest BCUT2D eigenvalue weighted by molar-refractivity contribution is 5.89. The van der Waals surface area contributed by atoms with Crippen LogP contribution < -0.4 is 20.1 Å². The van der Waals surface area contributed by atoms with Crippen LogP contribution in [0.3, 0.4) is 0 Å². The van der Waals surface area contributed by atoms with Crippen molar-refractivity contribution in [2.24, 2.45) is 5.92 Å². The van der Waals surface area contributed by atoms with E-state index in [1.165, 1.54) is 7.11 Å². The number of anilines is 1. The molecule has 0 aromatic heterocycles. The van der Waals surface area contributed by atoms with Crippen molar-refractivity contribution in [3.8, 4) is 11.5 Å². The Labute approximate surface area is 124 Å². The van der Waals surface area contributed by atoms with E-state index in [9.17, 15) is 9.90 Å². The van der Waals surface area contributed by atoms with Gasteiger partial charge in [-0.1, -0.05) is 0 Å². The second-order valence-electron chi connectivity index (χ2n) is 5.51. The molecule has 0 unspecified atom stereocenters. The van der Waals surface area contributed by atoms with Gasteiger partial charge in [0, 0.05) is 18.3 Å². The van der Waals surface area contributed by atoms with E-state index < -0.39 is 5.60 Å². The summed E-state index contributed by atoms with van der Waals surface area (Å²) in [7, 11) is 3.09. The first-order chi connectivity index (χ1) is 9.96. The largest absolute Gasteiger partial charge is 0.493 e. The van der Waals surface area contributed by atoms with Crippen molar-refractivity contribution in [2.45, 2.75) is 25.4 Å². The first-order valence-corrected chi connectivity index (χ1v) is 6.95. The molecule has 0 bridgehead atoms. The van der Waals surface area contributed by atoms with Gasteiger partial charge < -0.3 is 25.2 Å². The van der Waals surface area contributed by atoms with Crippen LogP contribution in [0.2, 0.25) is 0 Å². The Balaban J connectivity index is 1.90. The zero-order valence-corrected chi connectivity index (χ0v) is 12.6. The highest BCUT2D eigenvalue weighted by Gasteiger charge is 2.39. The fourth-order valence-corrected chi connectivity index (χ4v) is 2.20. The van der Waals surface area contributed by atoms with Crippen molar-refractivity contribution in [1.82, 2.24) is 5.32 Å². The van der Waals surface area contributed by atoms with Gasteiger partial charge in [-0.05, 0) is 37.8 Å². The van der Waals surface area contributed by atoms with Gasteiger partial charge in [0.05, 0.1) is 19.8 Å². The Morgan fingerprint density at radius 2 is 2.00 bits per heavy atom. The summed E-state index contributed by atoms with van der Waals surface area (Å²) in [6.07, 6.45) is 2.04. The summed E-state index contributed by atoms with van der Waals surface area (Å²) < 4.78 is 10.3. The minimum absolute atomic E-state index is 0.233. The van der Waals surface area contributed by atoms with Gasteiger partial charge in [-0.2, -0.15) is 0 Å². The zero-order chi connectivity index (χ0) is 15.5. The summed E-state index contributed by atoms with van der Waals surface area (Å²) in [4.78, 5) is 11.9. The lowest BCUT2D eigenvalue weighted by atomic mass is 10.0. The maximum atomic E-state index is 11.9. The fraction of sp³-hybridized carbons (Fsp3) is 0.533. The molecule has 3 N–H and O–H groups in total. The van der Waals surface area contributed by atoms with Crippen molar-refractivity contribution in [1.29, 1.82) is 0 Å². The van der Waals surface area contributed by atoms with E-state index in [0.717, 1.165) is 12.8 Å². The standard InChI is InChI=1S/C15H22N2O4/c1-15(19,10-4-5-10)9-16-14(18)17-11-6-7-12(20-2)13(8-11)21-3/h6-8,10,19H,4-5,9H2,1-3H3,(H2,16,17,18)/t15-/m1/s1. The van der Waals surface area contributed by atoms with Crippen molar-refractivity contribution in [2.75, 3.05) is 26.1 Å². The average molecular weight is 294 g/mol.